The Kier molecular flexibility index (Phi) is 6.01. The van der Waals surface area contributed by atoms with Gasteiger partial charge >= 0.3 is 0 Å². The number of benzene rings is 3. The average molecular weight is 467 g/mol. The highest BCUT2D eigenvalue weighted by molar-refractivity contribution is 6.06. The first kappa shape index (κ1) is 22.3. The van der Waals surface area contributed by atoms with Crippen molar-refractivity contribution < 1.29 is 9.53 Å². The number of rotatable bonds is 6. The summed E-state index contributed by atoms with van der Waals surface area (Å²) in [6, 6.07) is 23.1. The zero-order chi connectivity index (χ0) is 24.4. The maximum Gasteiger partial charge on any atom is 0.255 e. The van der Waals surface area contributed by atoms with Gasteiger partial charge in [0.1, 0.15) is 18.4 Å². The number of aryl methyl sites for hydroxylation is 2. The van der Waals surface area contributed by atoms with Gasteiger partial charge in [0, 0.05) is 11.4 Å². The van der Waals surface area contributed by atoms with Gasteiger partial charge in [-0.15, -0.1) is 0 Å². The predicted molar refractivity (Wildman–Crippen MR) is 134 cm³/mol. The number of allylic oxidation sites excluding steroid dienone is 1. The molecule has 0 fully saturated rings. The number of tetrazole rings is 1. The van der Waals surface area contributed by atoms with Gasteiger partial charge in [-0.25, -0.2) is 0 Å². The molecule has 3 aromatic carbocycles. The molecule has 1 aromatic heterocycles. The third-order valence-corrected chi connectivity index (χ3v) is 6.20. The zero-order valence-electron chi connectivity index (χ0n) is 19.8. The van der Waals surface area contributed by atoms with E-state index in [1.807, 2.05) is 74.5 Å². The number of hydrogen-bond donors (Lipinski definition) is 2. The van der Waals surface area contributed by atoms with Gasteiger partial charge in [0.15, 0.2) is 0 Å². The van der Waals surface area contributed by atoms with Crippen LogP contribution in [0.4, 0.5) is 11.6 Å². The van der Waals surface area contributed by atoms with Crippen molar-refractivity contribution in [3.63, 3.8) is 0 Å². The summed E-state index contributed by atoms with van der Waals surface area (Å²) in [5.74, 6) is 1.02. The van der Waals surface area contributed by atoms with Crippen molar-refractivity contribution in [1.82, 2.24) is 20.2 Å². The number of carbonyl (C=O) groups is 1. The van der Waals surface area contributed by atoms with Crippen LogP contribution >= 0.6 is 0 Å². The van der Waals surface area contributed by atoms with Crippen LogP contribution in [-0.2, 0) is 11.4 Å². The minimum absolute atomic E-state index is 0.213. The first-order chi connectivity index (χ1) is 17.0. The third kappa shape index (κ3) is 4.50. The lowest BCUT2D eigenvalue weighted by Crippen LogP contribution is -2.31. The Labute approximate surface area is 203 Å². The molecular weight excluding hydrogens is 440 g/mol. The number of carbonyl (C=O) groups excluding carboxylic acids is 1. The summed E-state index contributed by atoms with van der Waals surface area (Å²) in [7, 11) is 0. The topological polar surface area (TPSA) is 94.0 Å². The van der Waals surface area contributed by atoms with Crippen LogP contribution < -0.4 is 15.4 Å². The van der Waals surface area contributed by atoms with E-state index in [1.54, 1.807) is 4.68 Å². The second-order valence-electron chi connectivity index (χ2n) is 8.57. The Morgan fingerprint density at radius 3 is 2.43 bits per heavy atom. The SMILES string of the molecule is CC1=C(C(=O)Nc2ccccc2C)C(c2ccc(OCc3ccccc3C)cc2)n2nnnc2N1. The van der Waals surface area contributed by atoms with Gasteiger partial charge in [-0.05, 0) is 71.7 Å². The van der Waals surface area contributed by atoms with E-state index in [0.29, 0.717) is 23.8 Å². The van der Waals surface area contributed by atoms with Gasteiger partial charge in [0.25, 0.3) is 5.91 Å². The lowest BCUT2D eigenvalue weighted by molar-refractivity contribution is -0.113. The highest BCUT2D eigenvalue weighted by Gasteiger charge is 2.34. The number of aromatic nitrogens is 4. The standard InChI is InChI=1S/C27H26N6O2/c1-17-8-4-6-10-21(17)16-35-22-14-12-20(13-15-22)25-24(19(3)28-27-30-31-32-33(25)27)26(34)29-23-11-7-5-9-18(23)2/h4-15,25H,16H2,1-3H3,(H,29,34)(H,28,30,32). The molecule has 0 bridgehead atoms. The molecule has 8 nitrogen and oxygen atoms in total. The molecular formula is C27H26N6O2. The minimum atomic E-state index is -0.490. The summed E-state index contributed by atoms with van der Waals surface area (Å²) in [6.07, 6.45) is 0. The van der Waals surface area contributed by atoms with Crippen molar-refractivity contribution >= 4 is 17.5 Å². The summed E-state index contributed by atoms with van der Waals surface area (Å²) >= 11 is 0. The monoisotopic (exact) mass is 466 g/mol. The number of para-hydroxylation sites is 1. The van der Waals surface area contributed by atoms with E-state index in [4.69, 9.17) is 4.74 Å². The first-order valence-electron chi connectivity index (χ1n) is 11.4. The van der Waals surface area contributed by atoms with Crippen LogP contribution in [0.2, 0.25) is 0 Å². The fourth-order valence-electron chi connectivity index (χ4n) is 4.20. The maximum absolute atomic E-state index is 13.5. The molecule has 1 unspecified atom stereocenters. The van der Waals surface area contributed by atoms with Crippen molar-refractivity contribution in [2.45, 2.75) is 33.4 Å². The van der Waals surface area contributed by atoms with Gasteiger partial charge in [-0.2, -0.15) is 4.68 Å². The summed E-state index contributed by atoms with van der Waals surface area (Å²) in [4.78, 5) is 13.5. The molecule has 0 saturated carbocycles. The van der Waals surface area contributed by atoms with Crippen molar-refractivity contribution in [2.24, 2.45) is 0 Å². The molecule has 2 N–H and O–H groups in total. The largest absolute Gasteiger partial charge is 0.489 e. The summed E-state index contributed by atoms with van der Waals surface area (Å²) in [5, 5.41) is 18.2. The number of ether oxygens (including phenoxy) is 1. The predicted octanol–water partition coefficient (Wildman–Crippen LogP) is 4.80. The molecule has 1 atom stereocenters. The highest BCUT2D eigenvalue weighted by atomic mass is 16.5. The molecule has 4 aromatic rings. The van der Waals surface area contributed by atoms with E-state index in [2.05, 4.69) is 45.2 Å². The van der Waals surface area contributed by atoms with Gasteiger partial charge in [0.2, 0.25) is 5.95 Å². The lowest BCUT2D eigenvalue weighted by Gasteiger charge is -2.28. The fraction of sp³-hybridized carbons (Fsp3) is 0.185. The molecule has 2 heterocycles. The lowest BCUT2D eigenvalue weighted by atomic mass is 9.95. The third-order valence-electron chi connectivity index (χ3n) is 6.20. The van der Waals surface area contributed by atoms with E-state index in [9.17, 15) is 4.79 Å². The smallest absolute Gasteiger partial charge is 0.255 e. The number of nitrogens with one attached hydrogen (secondary N) is 2. The molecule has 0 radical (unpaired) electrons. The Hall–Kier alpha value is -4.46. The van der Waals surface area contributed by atoms with E-state index in [1.165, 1.54) is 5.56 Å². The molecule has 176 valence electrons. The van der Waals surface area contributed by atoms with Gasteiger partial charge in [-0.1, -0.05) is 59.7 Å². The number of hydrogen-bond acceptors (Lipinski definition) is 6. The summed E-state index contributed by atoms with van der Waals surface area (Å²) in [5.41, 5.74) is 6.19. The number of fused-ring (bicyclic) bond motifs is 1. The van der Waals surface area contributed by atoms with Crippen molar-refractivity contribution in [1.29, 1.82) is 0 Å². The van der Waals surface area contributed by atoms with E-state index >= 15 is 0 Å². The van der Waals surface area contributed by atoms with Crippen LogP contribution in [0.15, 0.2) is 84.1 Å². The Morgan fingerprint density at radius 2 is 1.69 bits per heavy atom. The fourth-order valence-corrected chi connectivity index (χ4v) is 4.20. The first-order valence-corrected chi connectivity index (χ1v) is 11.4. The maximum atomic E-state index is 13.5. The summed E-state index contributed by atoms with van der Waals surface area (Å²) < 4.78 is 7.63. The molecule has 1 aliphatic rings. The van der Waals surface area contributed by atoms with Gasteiger partial charge in [0.05, 0.1) is 5.57 Å². The molecule has 0 aliphatic carbocycles. The second kappa shape index (κ2) is 9.42. The number of amides is 1. The molecule has 1 aliphatic heterocycles. The van der Waals surface area contributed by atoms with Crippen molar-refractivity contribution in [3.8, 4) is 5.75 Å². The quantitative estimate of drug-likeness (QED) is 0.424. The van der Waals surface area contributed by atoms with Crippen LogP contribution in [0.5, 0.6) is 5.75 Å². The normalized spacial score (nSPS) is 14.8. The minimum Gasteiger partial charge on any atom is -0.489 e. The van der Waals surface area contributed by atoms with Crippen LogP contribution in [0.3, 0.4) is 0 Å². The Balaban J connectivity index is 1.42. The molecule has 35 heavy (non-hydrogen) atoms. The molecule has 8 heteroatoms. The van der Waals surface area contributed by atoms with Crippen LogP contribution in [0.1, 0.15) is 35.2 Å². The van der Waals surface area contributed by atoms with Crippen LogP contribution in [0, 0.1) is 13.8 Å². The Bertz CT molecular complexity index is 1410. The van der Waals surface area contributed by atoms with Crippen molar-refractivity contribution in [2.75, 3.05) is 10.6 Å². The van der Waals surface area contributed by atoms with E-state index < -0.39 is 6.04 Å². The molecule has 0 spiro atoms. The van der Waals surface area contributed by atoms with Crippen LogP contribution in [0.25, 0.3) is 0 Å². The van der Waals surface area contributed by atoms with E-state index in [0.717, 1.165) is 28.1 Å². The summed E-state index contributed by atoms with van der Waals surface area (Å²) in [6.45, 7) is 6.38. The molecule has 0 saturated heterocycles. The van der Waals surface area contributed by atoms with Gasteiger partial charge < -0.3 is 15.4 Å². The number of anilines is 2. The van der Waals surface area contributed by atoms with Crippen molar-refractivity contribution in [3.05, 3.63) is 106 Å². The average Bonchev–Trinajstić information content (AvgIpc) is 3.32. The number of nitrogens with zero attached hydrogens (tertiary/aromatic N) is 4. The zero-order valence-corrected chi connectivity index (χ0v) is 19.8. The Morgan fingerprint density at radius 1 is 0.971 bits per heavy atom. The van der Waals surface area contributed by atoms with Gasteiger partial charge in [-0.3, -0.25) is 4.79 Å². The highest BCUT2D eigenvalue weighted by Crippen LogP contribution is 2.35. The molecule has 5 rings (SSSR count). The second-order valence-corrected chi connectivity index (χ2v) is 8.57. The molecule has 1 amide bonds. The van der Waals surface area contributed by atoms with Crippen LogP contribution in [-0.4, -0.2) is 26.1 Å². The van der Waals surface area contributed by atoms with E-state index in [-0.39, 0.29) is 5.91 Å².